The molecule has 0 unspecified atom stereocenters. The average molecular weight is 323 g/mol. The van der Waals surface area contributed by atoms with Gasteiger partial charge >= 0.3 is 0 Å². The van der Waals surface area contributed by atoms with Crippen LogP contribution in [0.25, 0.3) is 5.65 Å². The summed E-state index contributed by atoms with van der Waals surface area (Å²) in [6.45, 7) is 1.80. The van der Waals surface area contributed by atoms with Crippen molar-refractivity contribution < 1.29 is 0 Å². The molecule has 9 heteroatoms. The zero-order valence-corrected chi connectivity index (χ0v) is 13.0. The number of nitrogen functional groups attached to an aromatic ring is 1. The molecule has 0 bridgehead atoms. The van der Waals surface area contributed by atoms with E-state index in [9.17, 15) is 0 Å². The molecule has 0 spiro atoms. The highest BCUT2D eigenvalue weighted by Gasteiger charge is 2.24. The first kappa shape index (κ1) is 14.4. The molecule has 1 fully saturated rings. The van der Waals surface area contributed by atoms with E-state index in [1.807, 2.05) is 0 Å². The van der Waals surface area contributed by atoms with Gasteiger partial charge in [0.05, 0.1) is 17.6 Å². The zero-order chi connectivity index (χ0) is 16.7. The summed E-state index contributed by atoms with van der Waals surface area (Å²) in [5.74, 6) is 1.37. The Bertz CT molecular complexity index is 912. The summed E-state index contributed by atoms with van der Waals surface area (Å²) in [7, 11) is 0. The van der Waals surface area contributed by atoms with E-state index in [2.05, 4.69) is 25.0 Å². The van der Waals surface area contributed by atoms with Gasteiger partial charge in [-0.15, -0.1) is 0 Å². The quantitative estimate of drug-likeness (QED) is 0.710. The molecule has 2 aromatic heterocycles. The average Bonchev–Trinajstić information content (AvgIpc) is 3.20. The lowest BCUT2D eigenvalue weighted by Gasteiger charge is -2.22. The Balaban J connectivity index is 1.77. The van der Waals surface area contributed by atoms with Crippen molar-refractivity contribution >= 4 is 34.5 Å². The summed E-state index contributed by atoms with van der Waals surface area (Å²) in [5.41, 5.74) is 13.5. The number of nitrogens with two attached hydrogens (primary N) is 2. The van der Waals surface area contributed by atoms with Crippen LogP contribution in [0.2, 0.25) is 0 Å². The Morgan fingerprint density at radius 1 is 1.21 bits per heavy atom. The van der Waals surface area contributed by atoms with Crippen molar-refractivity contribution in [1.82, 2.24) is 19.5 Å². The van der Waals surface area contributed by atoms with Gasteiger partial charge in [0.1, 0.15) is 11.5 Å². The van der Waals surface area contributed by atoms with Gasteiger partial charge in [0.25, 0.3) is 0 Å². The predicted octanol–water partition coefficient (Wildman–Crippen LogP) is 0.712. The number of aromatic nitrogens is 3. The van der Waals surface area contributed by atoms with Crippen LogP contribution in [0, 0.1) is 5.41 Å². The molecule has 2 aliphatic rings. The van der Waals surface area contributed by atoms with Crippen LogP contribution in [0.1, 0.15) is 12.8 Å². The summed E-state index contributed by atoms with van der Waals surface area (Å²) in [6.07, 6.45) is 7.11. The highest BCUT2D eigenvalue weighted by atomic mass is 15.3. The molecule has 5 N–H and O–H groups in total. The molecule has 0 saturated carbocycles. The second kappa shape index (κ2) is 5.44. The molecule has 0 atom stereocenters. The lowest BCUT2D eigenvalue weighted by Crippen LogP contribution is -2.37. The van der Waals surface area contributed by atoms with Gasteiger partial charge in [-0.3, -0.25) is 5.41 Å². The van der Waals surface area contributed by atoms with Gasteiger partial charge < -0.3 is 16.4 Å². The largest absolute Gasteiger partial charge is 0.396 e. The van der Waals surface area contributed by atoms with E-state index in [4.69, 9.17) is 16.9 Å². The normalized spacial score (nSPS) is 19.9. The molecule has 4 rings (SSSR count). The number of amidine groups is 2. The Morgan fingerprint density at radius 3 is 2.79 bits per heavy atom. The van der Waals surface area contributed by atoms with E-state index in [1.54, 1.807) is 29.1 Å². The van der Waals surface area contributed by atoms with Crippen LogP contribution in [0.15, 0.2) is 40.2 Å². The van der Waals surface area contributed by atoms with Crippen LogP contribution in [0.5, 0.6) is 0 Å². The van der Waals surface area contributed by atoms with Crippen molar-refractivity contribution in [2.45, 2.75) is 12.8 Å². The van der Waals surface area contributed by atoms with Crippen LogP contribution in [-0.4, -0.2) is 50.0 Å². The van der Waals surface area contributed by atoms with Crippen molar-refractivity contribution in [2.24, 2.45) is 15.7 Å². The van der Waals surface area contributed by atoms with E-state index in [0.29, 0.717) is 40.2 Å². The number of nitrogens with one attached hydrogen (secondary N) is 1. The molecule has 9 nitrogen and oxygen atoms in total. The number of likely N-dealkylation sites (tertiary alicyclic amines) is 1. The standard InChI is InChI=1S/C15H17N9/c16-9-7-10(17)14(23-4-1-2-5-23)22-13(9)20-11-8-19-24-6-3-12(18)21-15(11)24/h3,6-8,17H,1-2,4-5,16H2,(H2,18,21)/b17-10?,20-13-. The van der Waals surface area contributed by atoms with Crippen LogP contribution in [0.3, 0.4) is 0 Å². The third-order valence-electron chi connectivity index (χ3n) is 4.01. The molecule has 4 heterocycles. The number of nitrogens with zero attached hydrogens (tertiary/aromatic N) is 6. The third kappa shape index (κ3) is 2.39. The van der Waals surface area contributed by atoms with Gasteiger partial charge in [0.15, 0.2) is 17.3 Å². The fourth-order valence-electron chi connectivity index (χ4n) is 2.83. The fourth-order valence-corrected chi connectivity index (χ4v) is 2.83. The number of fused-ring (bicyclic) bond motifs is 1. The van der Waals surface area contributed by atoms with E-state index in [0.717, 1.165) is 25.9 Å². The molecule has 24 heavy (non-hydrogen) atoms. The number of anilines is 1. The van der Waals surface area contributed by atoms with E-state index < -0.39 is 0 Å². The van der Waals surface area contributed by atoms with Crippen LogP contribution >= 0.6 is 0 Å². The second-order valence-electron chi connectivity index (χ2n) is 5.73. The maximum Gasteiger partial charge on any atom is 0.183 e. The van der Waals surface area contributed by atoms with Crippen molar-refractivity contribution in [3.63, 3.8) is 0 Å². The van der Waals surface area contributed by atoms with Crippen molar-refractivity contribution in [2.75, 3.05) is 18.8 Å². The van der Waals surface area contributed by atoms with Gasteiger partial charge in [-0.2, -0.15) is 5.10 Å². The van der Waals surface area contributed by atoms with Gasteiger partial charge in [0, 0.05) is 19.3 Å². The Kier molecular flexibility index (Phi) is 3.26. The Labute approximate surface area is 137 Å². The minimum Gasteiger partial charge on any atom is -0.396 e. The molecular weight excluding hydrogens is 306 g/mol. The molecule has 2 aromatic rings. The summed E-state index contributed by atoms with van der Waals surface area (Å²) in [5, 5.41) is 12.3. The molecule has 2 aliphatic heterocycles. The van der Waals surface area contributed by atoms with Crippen molar-refractivity contribution in [3.8, 4) is 0 Å². The number of hydrogen-bond acceptors (Lipinski definition) is 7. The number of dihydropyridines is 1. The monoisotopic (exact) mass is 323 g/mol. The van der Waals surface area contributed by atoms with Crippen LogP contribution in [-0.2, 0) is 0 Å². The second-order valence-corrected chi connectivity index (χ2v) is 5.73. The Morgan fingerprint density at radius 2 is 2.00 bits per heavy atom. The summed E-state index contributed by atoms with van der Waals surface area (Å²) >= 11 is 0. The number of rotatable bonds is 1. The first-order valence-corrected chi connectivity index (χ1v) is 7.70. The number of hydrogen-bond donors (Lipinski definition) is 3. The summed E-state index contributed by atoms with van der Waals surface area (Å²) in [4.78, 5) is 15.3. The molecule has 1 saturated heterocycles. The molecular formula is C15H17N9. The molecule has 0 radical (unpaired) electrons. The third-order valence-corrected chi connectivity index (χ3v) is 4.01. The Hall–Kier alpha value is -3.23. The summed E-state index contributed by atoms with van der Waals surface area (Å²) < 4.78 is 1.59. The molecule has 0 amide bonds. The van der Waals surface area contributed by atoms with Gasteiger partial charge in [0.2, 0.25) is 0 Å². The summed E-state index contributed by atoms with van der Waals surface area (Å²) in [6, 6.07) is 1.66. The topological polar surface area (TPSA) is 134 Å². The highest BCUT2D eigenvalue weighted by Crippen LogP contribution is 2.21. The highest BCUT2D eigenvalue weighted by molar-refractivity contribution is 6.48. The first-order valence-electron chi connectivity index (χ1n) is 7.70. The lowest BCUT2D eigenvalue weighted by atomic mass is 10.2. The van der Waals surface area contributed by atoms with Crippen LogP contribution in [0.4, 0.5) is 11.5 Å². The number of aliphatic imine (C=N–C) groups is 2. The first-order chi connectivity index (χ1) is 11.6. The molecule has 122 valence electrons. The minimum absolute atomic E-state index is 0.315. The molecule has 0 aromatic carbocycles. The predicted molar refractivity (Wildman–Crippen MR) is 92.7 cm³/mol. The SMILES string of the molecule is N=C1C=C(N)/C(=N/c2cnn3ccc(N)nc23)N=C1N1CCCC1. The van der Waals surface area contributed by atoms with Gasteiger partial charge in [-0.1, -0.05) is 0 Å². The maximum atomic E-state index is 8.11. The van der Waals surface area contributed by atoms with Gasteiger partial charge in [-0.05, 0) is 25.0 Å². The van der Waals surface area contributed by atoms with E-state index in [-0.39, 0.29) is 0 Å². The fraction of sp³-hybridized carbons (Fsp3) is 0.267. The van der Waals surface area contributed by atoms with Crippen molar-refractivity contribution in [3.05, 3.63) is 30.2 Å². The van der Waals surface area contributed by atoms with Gasteiger partial charge in [-0.25, -0.2) is 19.5 Å². The smallest absolute Gasteiger partial charge is 0.183 e. The van der Waals surface area contributed by atoms with E-state index in [1.165, 1.54) is 0 Å². The maximum absolute atomic E-state index is 8.11. The van der Waals surface area contributed by atoms with Crippen LogP contribution < -0.4 is 11.5 Å². The molecule has 0 aliphatic carbocycles. The zero-order valence-electron chi connectivity index (χ0n) is 13.0. The lowest BCUT2D eigenvalue weighted by molar-refractivity contribution is 0.526. The minimum atomic E-state index is 0.315. The van der Waals surface area contributed by atoms with E-state index >= 15 is 0 Å². The van der Waals surface area contributed by atoms with Crippen molar-refractivity contribution in [1.29, 1.82) is 5.41 Å².